The van der Waals surface area contributed by atoms with E-state index in [0.29, 0.717) is 23.5 Å². The van der Waals surface area contributed by atoms with Gasteiger partial charge >= 0.3 is 5.97 Å². The van der Waals surface area contributed by atoms with Crippen molar-refractivity contribution in [2.75, 3.05) is 13.2 Å². The number of ether oxygens (including phenoxy) is 3. The third-order valence-electron chi connectivity index (χ3n) is 3.73. The molecule has 1 heterocycles. The van der Waals surface area contributed by atoms with Crippen LogP contribution in [0.5, 0.6) is 11.5 Å². The van der Waals surface area contributed by atoms with Crippen molar-refractivity contribution in [2.24, 2.45) is 0 Å². The molecule has 5 nitrogen and oxygen atoms in total. The molecule has 25 heavy (non-hydrogen) atoms. The number of carbonyl (C=O) groups is 2. The summed E-state index contributed by atoms with van der Waals surface area (Å²) in [6, 6.07) is 12.4. The van der Waals surface area contributed by atoms with E-state index in [0.717, 1.165) is 0 Å². The van der Waals surface area contributed by atoms with Crippen LogP contribution in [0.15, 0.2) is 48.5 Å². The Hall–Kier alpha value is -2.89. The Kier molecular flexibility index (Phi) is 5.28. The molecule has 2 aromatic rings. The molecule has 0 aliphatic carbocycles. The van der Waals surface area contributed by atoms with Gasteiger partial charge in [-0.15, -0.1) is 0 Å². The van der Waals surface area contributed by atoms with E-state index in [2.05, 4.69) is 0 Å². The summed E-state index contributed by atoms with van der Waals surface area (Å²) in [4.78, 5) is 23.9. The smallest absolute Gasteiger partial charge is 0.350 e. The molecule has 0 fully saturated rings. The fourth-order valence-electron chi connectivity index (χ4n) is 2.41. The van der Waals surface area contributed by atoms with Crippen molar-refractivity contribution < 1.29 is 28.2 Å². The number of carbonyl (C=O) groups excluding carboxylic acids is 2. The largest absolute Gasteiger partial charge is 0.485 e. The second kappa shape index (κ2) is 7.79. The fourth-order valence-corrected chi connectivity index (χ4v) is 2.41. The van der Waals surface area contributed by atoms with Gasteiger partial charge in [-0.1, -0.05) is 12.1 Å². The first-order chi connectivity index (χ1) is 12.1. The van der Waals surface area contributed by atoms with E-state index >= 15 is 0 Å². The number of halogens is 1. The first kappa shape index (κ1) is 17.0. The maximum Gasteiger partial charge on any atom is 0.350 e. The highest BCUT2D eigenvalue weighted by Crippen LogP contribution is 2.31. The van der Waals surface area contributed by atoms with Gasteiger partial charge in [0.05, 0.1) is 6.61 Å². The van der Waals surface area contributed by atoms with Crippen molar-refractivity contribution in [3.63, 3.8) is 0 Å². The number of fused-ring (bicyclic) bond motifs is 1. The maximum atomic E-state index is 12.8. The third-order valence-corrected chi connectivity index (χ3v) is 3.73. The lowest BCUT2D eigenvalue weighted by Crippen LogP contribution is -2.38. The van der Waals surface area contributed by atoms with Gasteiger partial charge < -0.3 is 14.2 Å². The van der Waals surface area contributed by atoms with Gasteiger partial charge in [-0.25, -0.2) is 9.18 Å². The second-order valence-corrected chi connectivity index (χ2v) is 5.57. The molecule has 1 atom stereocenters. The number of rotatable bonds is 6. The molecule has 1 aliphatic heterocycles. The molecule has 2 aromatic carbocycles. The zero-order chi connectivity index (χ0) is 17.6. The highest BCUT2D eigenvalue weighted by molar-refractivity contribution is 5.95. The molecule has 0 bridgehead atoms. The number of esters is 1. The van der Waals surface area contributed by atoms with Gasteiger partial charge in [0.25, 0.3) is 0 Å². The number of para-hydroxylation sites is 2. The Bertz CT molecular complexity index is 757. The molecule has 0 amide bonds. The molecule has 130 valence electrons. The van der Waals surface area contributed by atoms with Crippen molar-refractivity contribution in [3.8, 4) is 11.5 Å². The van der Waals surface area contributed by atoms with E-state index in [1.165, 1.54) is 24.3 Å². The van der Waals surface area contributed by atoms with Crippen LogP contribution in [0, 0.1) is 5.82 Å². The minimum atomic E-state index is -0.817. The third kappa shape index (κ3) is 4.35. The average molecular weight is 344 g/mol. The molecule has 0 N–H and O–H groups in total. The SMILES string of the molecule is O=C(CCCOC(=O)C1COc2ccccc2O1)c1ccc(F)cc1. The van der Waals surface area contributed by atoms with Crippen molar-refractivity contribution in [3.05, 3.63) is 59.9 Å². The Morgan fingerprint density at radius 1 is 1.08 bits per heavy atom. The average Bonchev–Trinajstić information content (AvgIpc) is 2.65. The predicted molar refractivity (Wildman–Crippen MR) is 87.3 cm³/mol. The fraction of sp³-hybridized carbons (Fsp3) is 0.263. The number of Topliss-reactive ketones (excluding diaryl/α,β-unsaturated/α-hetero) is 1. The number of hydrogen-bond acceptors (Lipinski definition) is 5. The summed E-state index contributed by atoms with van der Waals surface area (Å²) in [5.74, 6) is 0.0614. The van der Waals surface area contributed by atoms with Crippen LogP contribution in [-0.4, -0.2) is 31.1 Å². The van der Waals surface area contributed by atoms with Crippen LogP contribution in [-0.2, 0) is 9.53 Å². The topological polar surface area (TPSA) is 61.8 Å². The van der Waals surface area contributed by atoms with Gasteiger partial charge in [-0.2, -0.15) is 0 Å². The lowest BCUT2D eigenvalue weighted by Gasteiger charge is -2.24. The molecule has 3 rings (SSSR count). The van der Waals surface area contributed by atoms with E-state index in [4.69, 9.17) is 14.2 Å². The predicted octanol–water partition coefficient (Wildman–Crippen LogP) is 3.17. The van der Waals surface area contributed by atoms with Gasteiger partial charge in [-0.05, 0) is 42.8 Å². The second-order valence-electron chi connectivity index (χ2n) is 5.57. The van der Waals surface area contributed by atoms with Crippen molar-refractivity contribution in [2.45, 2.75) is 18.9 Å². The van der Waals surface area contributed by atoms with Crippen molar-refractivity contribution in [1.29, 1.82) is 0 Å². The maximum absolute atomic E-state index is 12.8. The molecule has 1 unspecified atom stereocenters. The lowest BCUT2D eigenvalue weighted by molar-refractivity contribution is -0.154. The zero-order valence-corrected chi connectivity index (χ0v) is 13.4. The number of benzene rings is 2. The summed E-state index contributed by atoms with van der Waals surface area (Å²) in [5.41, 5.74) is 0.438. The van der Waals surface area contributed by atoms with E-state index in [1.54, 1.807) is 18.2 Å². The zero-order valence-electron chi connectivity index (χ0n) is 13.4. The Balaban J connectivity index is 1.41. The first-order valence-corrected chi connectivity index (χ1v) is 7.97. The molecule has 0 radical (unpaired) electrons. The van der Waals surface area contributed by atoms with Gasteiger partial charge in [0.2, 0.25) is 6.10 Å². The summed E-state index contributed by atoms with van der Waals surface area (Å²) in [5, 5.41) is 0. The van der Waals surface area contributed by atoms with Crippen LogP contribution in [0.2, 0.25) is 0 Å². The first-order valence-electron chi connectivity index (χ1n) is 7.97. The summed E-state index contributed by atoms with van der Waals surface area (Å²) in [6.45, 7) is 0.192. The summed E-state index contributed by atoms with van der Waals surface area (Å²) >= 11 is 0. The molecule has 1 aliphatic rings. The minimum Gasteiger partial charge on any atom is -0.485 e. The normalized spacial score (nSPS) is 15.5. The quantitative estimate of drug-likeness (QED) is 0.458. The highest BCUT2D eigenvalue weighted by Gasteiger charge is 2.28. The van der Waals surface area contributed by atoms with Gasteiger partial charge in [0.1, 0.15) is 12.4 Å². The van der Waals surface area contributed by atoms with Crippen LogP contribution >= 0.6 is 0 Å². The summed E-state index contributed by atoms with van der Waals surface area (Å²) in [6.07, 6.45) is -0.224. The Morgan fingerprint density at radius 2 is 1.80 bits per heavy atom. The van der Waals surface area contributed by atoms with Gasteiger partial charge in [0.15, 0.2) is 17.3 Å². The van der Waals surface area contributed by atoms with Crippen molar-refractivity contribution in [1.82, 2.24) is 0 Å². The minimum absolute atomic E-state index is 0.0877. The highest BCUT2D eigenvalue weighted by atomic mass is 19.1. The van der Waals surface area contributed by atoms with Gasteiger partial charge in [0, 0.05) is 12.0 Å². The van der Waals surface area contributed by atoms with Crippen LogP contribution < -0.4 is 9.47 Å². The molecule has 0 spiro atoms. The monoisotopic (exact) mass is 344 g/mol. The standard InChI is InChI=1S/C19H17FO5/c20-14-9-7-13(8-10-14)15(21)4-3-11-23-19(22)18-12-24-16-5-1-2-6-17(16)25-18/h1-2,5-10,18H,3-4,11-12H2. The molecule has 0 aromatic heterocycles. The Morgan fingerprint density at radius 3 is 2.56 bits per heavy atom. The van der Waals surface area contributed by atoms with Crippen LogP contribution in [0.3, 0.4) is 0 Å². The Labute approximate surface area is 144 Å². The molecular weight excluding hydrogens is 327 g/mol. The van der Waals surface area contributed by atoms with Crippen LogP contribution in [0.1, 0.15) is 23.2 Å². The molecule has 0 saturated heterocycles. The summed E-state index contributed by atoms with van der Waals surface area (Å²) in [7, 11) is 0. The van der Waals surface area contributed by atoms with E-state index in [-0.39, 0.29) is 31.2 Å². The summed E-state index contributed by atoms with van der Waals surface area (Å²) < 4.78 is 29.0. The number of ketones is 1. The van der Waals surface area contributed by atoms with E-state index in [1.807, 2.05) is 6.07 Å². The van der Waals surface area contributed by atoms with E-state index < -0.39 is 12.1 Å². The van der Waals surface area contributed by atoms with Gasteiger partial charge in [-0.3, -0.25) is 4.79 Å². The molecular formula is C19H17FO5. The molecule has 0 saturated carbocycles. The van der Waals surface area contributed by atoms with E-state index in [9.17, 15) is 14.0 Å². The lowest BCUT2D eigenvalue weighted by atomic mass is 10.1. The molecule has 6 heteroatoms. The van der Waals surface area contributed by atoms with Crippen LogP contribution in [0.4, 0.5) is 4.39 Å². The van der Waals surface area contributed by atoms with Crippen molar-refractivity contribution >= 4 is 11.8 Å². The number of hydrogen-bond donors (Lipinski definition) is 0. The van der Waals surface area contributed by atoms with Crippen LogP contribution in [0.25, 0.3) is 0 Å².